The molecule has 3 rings (SSSR count). The summed E-state index contributed by atoms with van der Waals surface area (Å²) < 4.78 is 7.13. The molecule has 0 saturated heterocycles. The lowest BCUT2D eigenvalue weighted by molar-refractivity contribution is -0.122. The highest BCUT2D eigenvalue weighted by Crippen LogP contribution is 2.31. The number of amides is 1. The van der Waals surface area contributed by atoms with Crippen molar-refractivity contribution in [2.45, 2.75) is 57.9 Å². The first-order chi connectivity index (χ1) is 12.4. The zero-order valence-electron chi connectivity index (χ0n) is 16.2. The third-order valence-corrected chi connectivity index (χ3v) is 5.67. The molecule has 0 unspecified atom stereocenters. The van der Waals surface area contributed by atoms with Crippen molar-refractivity contribution in [2.75, 3.05) is 13.7 Å². The molecular weight excluding hydrogens is 330 g/mol. The number of aromatic nitrogens is 3. The zero-order valence-corrected chi connectivity index (χ0v) is 16.2. The number of nitrogens with two attached hydrogens (primary N) is 1. The number of pyridine rings is 1. The van der Waals surface area contributed by atoms with Crippen LogP contribution in [-0.2, 0) is 18.3 Å². The maximum atomic E-state index is 12.5. The molecule has 0 aliphatic heterocycles. The molecule has 7 heteroatoms. The van der Waals surface area contributed by atoms with Gasteiger partial charge >= 0.3 is 0 Å². The van der Waals surface area contributed by atoms with E-state index < -0.39 is 0 Å². The number of ether oxygens (including phenoxy) is 1. The summed E-state index contributed by atoms with van der Waals surface area (Å²) in [6.45, 7) is 4.54. The van der Waals surface area contributed by atoms with Crippen molar-refractivity contribution in [2.24, 2.45) is 12.8 Å². The zero-order chi connectivity index (χ0) is 18.9. The number of nitrogens with zero attached hydrogens (tertiary/aromatic N) is 3. The molecule has 1 aliphatic carbocycles. The number of rotatable bonds is 6. The molecule has 142 valence electrons. The Balaban J connectivity index is 1.79. The topological polar surface area (TPSA) is 95.1 Å². The maximum absolute atomic E-state index is 12.5. The van der Waals surface area contributed by atoms with E-state index in [0.29, 0.717) is 25.3 Å². The van der Waals surface area contributed by atoms with Crippen molar-refractivity contribution < 1.29 is 9.53 Å². The fourth-order valence-electron chi connectivity index (χ4n) is 4.14. The lowest BCUT2D eigenvalue weighted by Crippen LogP contribution is -2.51. The van der Waals surface area contributed by atoms with Crippen LogP contribution in [0.25, 0.3) is 11.0 Å². The summed E-state index contributed by atoms with van der Waals surface area (Å²) in [5.74, 6) is 0.639. The molecular formula is C19H29N5O2. The van der Waals surface area contributed by atoms with Crippen molar-refractivity contribution >= 4 is 16.9 Å². The molecule has 0 aromatic carbocycles. The van der Waals surface area contributed by atoms with Crippen LogP contribution >= 0.6 is 0 Å². The third kappa shape index (κ3) is 3.28. The van der Waals surface area contributed by atoms with E-state index in [0.717, 1.165) is 53.5 Å². The van der Waals surface area contributed by atoms with Gasteiger partial charge in [-0.05, 0) is 44.2 Å². The van der Waals surface area contributed by atoms with Gasteiger partial charge in [0.15, 0.2) is 5.65 Å². The molecule has 1 fully saturated rings. The highest BCUT2D eigenvalue weighted by molar-refractivity contribution is 5.86. The molecule has 1 saturated carbocycles. The van der Waals surface area contributed by atoms with Crippen LogP contribution in [0.4, 0.5) is 0 Å². The normalized spacial score (nSPS) is 16.2. The Morgan fingerprint density at radius 2 is 2.04 bits per heavy atom. The van der Waals surface area contributed by atoms with Gasteiger partial charge in [0.1, 0.15) is 0 Å². The van der Waals surface area contributed by atoms with Gasteiger partial charge in [0.2, 0.25) is 11.8 Å². The monoisotopic (exact) mass is 359 g/mol. The summed E-state index contributed by atoms with van der Waals surface area (Å²) in [5, 5.41) is 8.49. The molecule has 26 heavy (non-hydrogen) atoms. The van der Waals surface area contributed by atoms with E-state index in [1.807, 2.05) is 20.9 Å². The number of nitrogens with one attached hydrogen (secondary N) is 1. The third-order valence-electron chi connectivity index (χ3n) is 5.67. The van der Waals surface area contributed by atoms with Crippen molar-refractivity contribution in [3.05, 3.63) is 16.8 Å². The first kappa shape index (κ1) is 18.6. The Morgan fingerprint density at radius 3 is 2.65 bits per heavy atom. The van der Waals surface area contributed by atoms with Gasteiger partial charge in [0.05, 0.1) is 18.0 Å². The number of hydrogen-bond acceptors (Lipinski definition) is 5. The molecule has 1 amide bonds. The summed E-state index contributed by atoms with van der Waals surface area (Å²) in [7, 11) is 3.47. The van der Waals surface area contributed by atoms with Crippen molar-refractivity contribution in [1.29, 1.82) is 0 Å². The molecule has 2 aromatic rings. The van der Waals surface area contributed by atoms with Crippen LogP contribution in [0.3, 0.4) is 0 Å². The average molecular weight is 359 g/mol. The van der Waals surface area contributed by atoms with Crippen LogP contribution in [0.1, 0.15) is 48.9 Å². The minimum Gasteiger partial charge on any atom is -0.479 e. The summed E-state index contributed by atoms with van der Waals surface area (Å²) in [6, 6.07) is 0. The van der Waals surface area contributed by atoms with E-state index in [9.17, 15) is 4.79 Å². The van der Waals surface area contributed by atoms with Crippen LogP contribution in [-0.4, -0.2) is 39.9 Å². The summed E-state index contributed by atoms with van der Waals surface area (Å²) >= 11 is 0. The van der Waals surface area contributed by atoms with Crippen molar-refractivity contribution in [1.82, 2.24) is 20.1 Å². The maximum Gasteiger partial charge on any atom is 0.242 e. The highest BCUT2D eigenvalue weighted by atomic mass is 16.5. The predicted molar refractivity (Wildman–Crippen MR) is 101 cm³/mol. The van der Waals surface area contributed by atoms with Gasteiger partial charge in [-0.15, -0.1) is 5.10 Å². The fraction of sp³-hybridized carbons (Fsp3) is 0.632. The molecule has 0 spiro atoms. The Bertz CT molecular complexity index is 821. The van der Waals surface area contributed by atoms with Crippen LogP contribution in [0, 0.1) is 13.8 Å². The number of methoxy groups -OCH3 is 1. The number of fused-ring (bicyclic) bond motifs is 1. The number of carbonyl (C=O) groups excluding carboxylic acids is 1. The summed E-state index contributed by atoms with van der Waals surface area (Å²) in [5.41, 5.74) is 9.63. The van der Waals surface area contributed by atoms with Crippen LogP contribution in [0.2, 0.25) is 0 Å². The minimum absolute atomic E-state index is 0.0643. The Hall–Kier alpha value is -2.15. The molecule has 2 aromatic heterocycles. The number of hydrogen-bond donors (Lipinski definition) is 2. The van der Waals surface area contributed by atoms with E-state index in [4.69, 9.17) is 10.5 Å². The van der Waals surface area contributed by atoms with Gasteiger partial charge in [-0.2, -0.15) is 0 Å². The fourth-order valence-corrected chi connectivity index (χ4v) is 4.14. The molecule has 0 atom stereocenters. The van der Waals surface area contributed by atoms with E-state index in [1.54, 1.807) is 11.8 Å². The molecule has 2 heterocycles. The molecule has 1 aliphatic rings. The second-order valence-corrected chi connectivity index (χ2v) is 7.37. The van der Waals surface area contributed by atoms with Gasteiger partial charge in [0.25, 0.3) is 0 Å². The van der Waals surface area contributed by atoms with Gasteiger partial charge in [0, 0.05) is 25.7 Å². The Kier molecular flexibility index (Phi) is 5.18. The van der Waals surface area contributed by atoms with E-state index in [-0.39, 0.29) is 11.4 Å². The quantitative estimate of drug-likeness (QED) is 0.821. The van der Waals surface area contributed by atoms with Crippen molar-refractivity contribution in [3.8, 4) is 5.88 Å². The number of aryl methyl sites for hydroxylation is 3. The highest BCUT2D eigenvalue weighted by Gasteiger charge is 2.33. The van der Waals surface area contributed by atoms with E-state index in [1.165, 1.54) is 0 Å². The van der Waals surface area contributed by atoms with Crippen LogP contribution < -0.4 is 15.8 Å². The van der Waals surface area contributed by atoms with E-state index >= 15 is 0 Å². The lowest BCUT2D eigenvalue weighted by Gasteiger charge is -2.28. The van der Waals surface area contributed by atoms with Gasteiger partial charge < -0.3 is 15.8 Å². The molecule has 3 N–H and O–H groups in total. The second kappa shape index (κ2) is 7.23. The van der Waals surface area contributed by atoms with Crippen molar-refractivity contribution in [3.63, 3.8) is 0 Å². The summed E-state index contributed by atoms with van der Waals surface area (Å²) in [4.78, 5) is 17.2. The SMILES string of the molecule is COc1nn(C)c2nc(C)c(CCC(=O)NC3(CN)CCCC3)c(C)c12. The van der Waals surface area contributed by atoms with Crippen LogP contribution in [0.15, 0.2) is 0 Å². The average Bonchev–Trinajstić information content (AvgIpc) is 3.20. The second-order valence-electron chi connectivity index (χ2n) is 7.37. The van der Waals surface area contributed by atoms with Crippen LogP contribution in [0.5, 0.6) is 5.88 Å². The smallest absolute Gasteiger partial charge is 0.242 e. The molecule has 7 nitrogen and oxygen atoms in total. The van der Waals surface area contributed by atoms with Gasteiger partial charge in [-0.3, -0.25) is 4.79 Å². The first-order valence-corrected chi connectivity index (χ1v) is 9.28. The molecule has 0 radical (unpaired) electrons. The summed E-state index contributed by atoms with van der Waals surface area (Å²) in [6.07, 6.45) is 5.31. The largest absolute Gasteiger partial charge is 0.479 e. The predicted octanol–water partition coefficient (Wildman–Crippen LogP) is 1.91. The van der Waals surface area contributed by atoms with Gasteiger partial charge in [-0.25, -0.2) is 9.67 Å². The Morgan fingerprint density at radius 1 is 1.35 bits per heavy atom. The first-order valence-electron chi connectivity index (χ1n) is 9.28. The number of carbonyl (C=O) groups is 1. The standard InChI is InChI=1S/C19H29N5O2/c1-12-14(7-8-15(25)22-19(11-20)9-5-6-10-19)13(2)21-17-16(12)18(26-4)23-24(17)3/h5-11,20H2,1-4H3,(H,22,25). The lowest BCUT2D eigenvalue weighted by atomic mass is 9.96. The van der Waals surface area contributed by atoms with Gasteiger partial charge in [-0.1, -0.05) is 12.8 Å². The Labute approximate surface area is 154 Å². The van der Waals surface area contributed by atoms with E-state index in [2.05, 4.69) is 15.4 Å². The minimum atomic E-state index is -0.198. The molecule has 0 bridgehead atoms.